The largest absolute Gasteiger partial charge is 0.376 e. The Hall–Kier alpha value is -2.21. The Labute approximate surface area is 121 Å². The fourth-order valence-corrected chi connectivity index (χ4v) is 2.67. The molecule has 6 heteroatoms. The van der Waals surface area contributed by atoms with Gasteiger partial charge in [0.05, 0.1) is 12.6 Å². The molecule has 5 nitrogen and oxygen atoms in total. The van der Waals surface area contributed by atoms with E-state index in [0.29, 0.717) is 0 Å². The first-order valence-corrected chi connectivity index (χ1v) is 7.26. The average molecular weight is 285 g/mol. The molecule has 0 aliphatic rings. The fraction of sp³-hybridized carbons (Fsp3) is 0.214. The Bertz CT molecular complexity index is 648. The predicted molar refractivity (Wildman–Crippen MR) is 79.7 cm³/mol. The molecular weight excluding hydrogens is 270 g/mol. The summed E-state index contributed by atoms with van der Waals surface area (Å²) in [5, 5.41) is 10.7. The van der Waals surface area contributed by atoms with Gasteiger partial charge in [0.2, 0.25) is 0 Å². The van der Waals surface area contributed by atoms with Gasteiger partial charge >= 0.3 is 0 Å². The maximum absolute atomic E-state index is 4.33. The Morgan fingerprint density at radius 1 is 1.40 bits per heavy atom. The number of nitrogens with one attached hydrogen (secondary N) is 1. The van der Waals surface area contributed by atoms with Crippen LogP contribution in [0.15, 0.2) is 48.5 Å². The summed E-state index contributed by atoms with van der Waals surface area (Å²) in [6, 6.07) is 8.53. The lowest BCUT2D eigenvalue weighted by Gasteiger charge is -2.13. The van der Waals surface area contributed by atoms with Gasteiger partial charge in [0.25, 0.3) is 0 Å². The molecule has 0 radical (unpaired) electrons. The van der Waals surface area contributed by atoms with Crippen LogP contribution in [0.3, 0.4) is 0 Å². The Kier molecular flexibility index (Phi) is 3.73. The molecule has 0 aliphatic carbocycles. The van der Waals surface area contributed by atoms with Crippen LogP contribution < -0.4 is 5.32 Å². The zero-order valence-corrected chi connectivity index (χ0v) is 11.9. The van der Waals surface area contributed by atoms with E-state index in [1.165, 1.54) is 5.56 Å². The maximum Gasteiger partial charge on any atom is 0.137 e. The third-order valence-corrected chi connectivity index (χ3v) is 3.90. The molecule has 0 fully saturated rings. The van der Waals surface area contributed by atoms with Gasteiger partial charge < -0.3 is 5.32 Å². The first-order chi connectivity index (χ1) is 9.81. The molecule has 0 spiro atoms. The lowest BCUT2D eigenvalue weighted by molar-refractivity contribution is 0.685. The van der Waals surface area contributed by atoms with Gasteiger partial charge in [-0.1, -0.05) is 12.1 Å². The topological polar surface area (TPSA) is 55.6 Å². The van der Waals surface area contributed by atoms with Crippen molar-refractivity contribution in [2.24, 2.45) is 0 Å². The zero-order valence-electron chi connectivity index (χ0n) is 11.1. The van der Waals surface area contributed by atoms with E-state index >= 15 is 0 Å². The van der Waals surface area contributed by atoms with Crippen LogP contribution in [-0.2, 0) is 6.54 Å². The van der Waals surface area contributed by atoms with Crippen molar-refractivity contribution in [1.82, 2.24) is 19.7 Å². The van der Waals surface area contributed by atoms with E-state index in [1.807, 2.05) is 22.3 Å². The van der Waals surface area contributed by atoms with E-state index < -0.39 is 0 Å². The van der Waals surface area contributed by atoms with Crippen molar-refractivity contribution in [2.45, 2.75) is 19.5 Å². The predicted octanol–water partition coefficient (Wildman–Crippen LogP) is 2.96. The third-order valence-electron chi connectivity index (χ3n) is 2.94. The highest BCUT2D eigenvalue weighted by Gasteiger charge is 2.07. The van der Waals surface area contributed by atoms with Crippen LogP contribution in [-0.4, -0.2) is 19.7 Å². The summed E-state index contributed by atoms with van der Waals surface area (Å²) in [4.78, 5) is 8.28. The van der Waals surface area contributed by atoms with Crippen molar-refractivity contribution in [1.29, 1.82) is 0 Å². The van der Waals surface area contributed by atoms with Gasteiger partial charge in [0, 0.05) is 17.3 Å². The molecule has 2 aromatic heterocycles. The molecule has 1 unspecified atom stereocenters. The van der Waals surface area contributed by atoms with E-state index in [-0.39, 0.29) is 6.04 Å². The minimum Gasteiger partial charge on any atom is -0.376 e. The molecule has 20 heavy (non-hydrogen) atoms. The molecule has 3 aromatic rings. The Morgan fingerprint density at radius 2 is 2.35 bits per heavy atom. The first-order valence-electron chi connectivity index (χ1n) is 6.38. The summed E-state index contributed by atoms with van der Waals surface area (Å²) >= 11 is 1.66. The fourth-order valence-electron chi connectivity index (χ4n) is 2.02. The average Bonchev–Trinajstić information content (AvgIpc) is 3.12. The SMILES string of the molecule is CC(Nc1cccc(Cn2cncn2)c1)c1nccs1. The van der Waals surface area contributed by atoms with E-state index in [1.54, 1.807) is 24.0 Å². The van der Waals surface area contributed by atoms with Gasteiger partial charge in [-0.3, -0.25) is 0 Å². The van der Waals surface area contributed by atoms with Crippen molar-refractivity contribution in [3.8, 4) is 0 Å². The van der Waals surface area contributed by atoms with E-state index in [0.717, 1.165) is 17.2 Å². The minimum atomic E-state index is 0.205. The number of benzene rings is 1. The van der Waals surface area contributed by atoms with Crippen LogP contribution in [0.5, 0.6) is 0 Å². The second-order valence-corrected chi connectivity index (χ2v) is 5.46. The van der Waals surface area contributed by atoms with Crippen LogP contribution in [0.1, 0.15) is 23.5 Å². The third kappa shape index (κ3) is 3.03. The van der Waals surface area contributed by atoms with Crippen LogP contribution in [0.25, 0.3) is 0 Å². The standard InChI is InChI=1S/C14H15N5S/c1-11(14-16-5-6-20-14)18-13-4-2-3-12(7-13)8-19-10-15-9-17-19/h2-7,9-11,18H,8H2,1H3. The number of anilines is 1. The number of hydrogen-bond donors (Lipinski definition) is 1. The normalized spacial score (nSPS) is 12.2. The van der Waals surface area contributed by atoms with Crippen molar-refractivity contribution < 1.29 is 0 Å². The monoisotopic (exact) mass is 285 g/mol. The van der Waals surface area contributed by atoms with Crippen molar-refractivity contribution >= 4 is 17.0 Å². The van der Waals surface area contributed by atoms with Crippen LogP contribution >= 0.6 is 11.3 Å². The van der Waals surface area contributed by atoms with Crippen molar-refractivity contribution in [3.63, 3.8) is 0 Å². The summed E-state index contributed by atoms with van der Waals surface area (Å²) in [7, 11) is 0. The second kappa shape index (κ2) is 5.83. The smallest absolute Gasteiger partial charge is 0.137 e. The lowest BCUT2D eigenvalue weighted by atomic mass is 10.2. The lowest BCUT2D eigenvalue weighted by Crippen LogP contribution is -2.07. The minimum absolute atomic E-state index is 0.205. The summed E-state index contributed by atoms with van der Waals surface area (Å²) < 4.78 is 1.81. The van der Waals surface area contributed by atoms with Gasteiger partial charge in [-0.2, -0.15) is 5.10 Å². The quantitative estimate of drug-likeness (QED) is 0.783. The molecular formula is C14H15N5S. The summed E-state index contributed by atoms with van der Waals surface area (Å²) in [5.41, 5.74) is 2.28. The molecule has 102 valence electrons. The van der Waals surface area contributed by atoms with Gasteiger partial charge in [0.15, 0.2) is 0 Å². The van der Waals surface area contributed by atoms with Crippen LogP contribution in [0, 0.1) is 0 Å². The maximum atomic E-state index is 4.33. The molecule has 1 aromatic carbocycles. The number of nitrogens with zero attached hydrogens (tertiary/aromatic N) is 4. The van der Waals surface area contributed by atoms with E-state index in [4.69, 9.17) is 0 Å². The second-order valence-electron chi connectivity index (χ2n) is 4.53. The highest BCUT2D eigenvalue weighted by Crippen LogP contribution is 2.21. The molecule has 1 N–H and O–H groups in total. The van der Waals surface area contributed by atoms with Crippen molar-refractivity contribution in [2.75, 3.05) is 5.32 Å². The van der Waals surface area contributed by atoms with E-state index in [2.05, 4.69) is 45.5 Å². The molecule has 0 aliphatic heterocycles. The number of thiazole rings is 1. The van der Waals surface area contributed by atoms with Gasteiger partial charge in [-0.15, -0.1) is 11.3 Å². The molecule has 3 rings (SSSR count). The van der Waals surface area contributed by atoms with E-state index in [9.17, 15) is 0 Å². The zero-order chi connectivity index (χ0) is 13.8. The number of hydrogen-bond acceptors (Lipinski definition) is 5. The first kappa shape index (κ1) is 12.8. The highest BCUT2D eigenvalue weighted by molar-refractivity contribution is 7.09. The van der Waals surface area contributed by atoms with Gasteiger partial charge in [0.1, 0.15) is 17.7 Å². The van der Waals surface area contributed by atoms with Crippen LogP contribution in [0.2, 0.25) is 0 Å². The van der Waals surface area contributed by atoms with Crippen LogP contribution in [0.4, 0.5) is 5.69 Å². The summed E-state index contributed by atoms with van der Waals surface area (Å²) in [6.07, 6.45) is 5.10. The molecule has 0 bridgehead atoms. The molecule has 0 amide bonds. The Balaban J connectivity index is 1.71. The molecule has 2 heterocycles. The van der Waals surface area contributed by atoms with Gasteiger partial charge in [-0.05, 0) is 24.6 Å². The number of aromatic nitrogens is 4. The summed E-state index contributed by atoms with van der Waals surface area (Å²) in [5.74, 6) is 0. The van der Waals surface area contributed by atoms with Crippen molar-refractivity contribution in [3.05, 3.63) is 59.1 Å². The molecule has 0 saturated carbocycles. The van der Waals surface area contributed by atoms with Gasteiger partial charge in [-0.25, -0.2) is 14.6 Å². The Morgan fingerprint density at radius 3 is 3.10 bits per heavy atom. The number of rotatable bonds is 5. The summed E-state index contributed by atoms with van der Waals surface area (Å²) in [6.45, 7) is 2.84. The molecule has 1 atom stereocenters. The highest BCUT2D eigenvalue weighted by atomic mass is 32.1. The molecule has 0 saturated heterocycles.